The number of benzene rings is 1. The van der Waals surface area contributed by atoms with Crippen molar-refractivity contribution >= 4 is 23.9 Å². The van der Waals surface area contributed by atoms with E-state index in [2.05, 4.69) is 15.3 Å². The van der Waals surface area contributed by atoms with E-state index < -0.39 is 11.9 Å². The molecular formula is C15H15N5O3. The number of amidine groups is 1. The van der Waals surface area contributed by atoms with Crippen LogP contribution >= 0.6 is 0 Å². The van der Waals surface area contributed by atoms with Crippen molar-refractivity contribution in [3.63, 3.8) is 0 Å². The Bertz CT molecular complexity index is 794. The molecule has 0 radical (unpaired) electrons. The van der Waals surface area contributed by atoms with E-state index in [0.29, 0.717) is 22.6 Å². The molecule has 0 saturated carbocycles. The Hall–Kier alpha value is -3.00. The SMILES string of the molecule is COc1ccc(C(N)C2=C3C(=O)NC(=N)N=C3N=C2)c(OC)c1. The number of aliphatic imine (C=N–C) groups is 2. The Kier molecular flexibility index (Phi) is 3.67. The van der Waals surface area contributed by atoms with Gasteiger partial charge in [-0.05, 0) is 12.1 Å². The van der Waals surface area contributed by atoms with Crippen molar-refractivity contribution in [3.05, 3.63) is 34.9 Å². The summed E-state index contributed by atoms with van der Waals surface area (Å²) in [4.78, 5) is 20.1. The highest BCUT2D eigenvalue weighted by Crippen LogP contribution is 2.34. The maximum Gasteiger partial charge on any atom is 0.262 e. The standard InChI is InChI=1S/C15H15N5O3/c1-22-7-3-4-8(10(5-7)23-2)12(16)9-6-18-13-11(9)14(21)20-15(17)19-13/h3-6,12H,16H2,1-2H3,(H2,17,20,21). The minimum absolute atomic E-state index is 0.205. The van der Waals surface area contributed by atoms with Crippen molar-refractivity contribution in [2.24, 2.45) is 15.7 Å². The van der Waals surface area contributed by atoms with Gasteiger partial charge in [0, 0.05) is 23.4 Å². The van der Waals surface area contributed by atoms with Crippen LogP contribution in [-0.2, 0) is 4.79 Å². The third-order valence-corrected chi connectivity index (χ3v) is 3.63. The second kappa shape index (κ2) is 5.65. The molecule has 0 aliphatic carbocycles. The van der Waals surface area contributed by atoms with E-state index in [9.17, 15) is 4.79 Å². The van der Waals surface area contributed by atoms with E-state index in [-0.39, 0.29) is 17.4 Å². The molecule has 1 unspecified atom stereocenters. The number of hydrogen-bond acceptors (Lipinski definition) is 6. The van der Waals surface area contributed by atoms with Gasteiger partial charge in [0.25, 0.3) is 5.91 Å². The van der Waals surface area contributed by atoms with Gasteiger partial charge in [0.05, 0.1) is 25.8 Å². The van der Waals surface area contributed by atoms with Gasteiger partial charge in [0.15, 0.2) is 5.84 Å². The number of nitrogens with one attached hydrogen (secondary N) is 2. The molecule has 118 valence electrons. The van der Waals surface area contributed by atoms with Gasteiger partial charge in [-0.15, -0.1) is 0 Å². The highest BCUT2D eigenvalue weighted by Gasteiger charge is 2.32. The van der Waals surface area contributed by atoms with E-state index in [4.69, 9.17) is 20.6 Å². The van der Waals surface area contributed by atoms with Crippen LogP contribution in [0.25, 0.3) is 0 Å². The Balaban J connectivity index is 2.06. The zero-order chi connectivity index (χ0) is 16.6. The Labute approximate surface area is 132 Å². The highest BCUT2D eigenvalue weighted by atomic mass is 16.5. The molecule has 8 nitrogen and oxygen atoms in total. The fourth-order valence-corrected chi connectivity index (χ4v) is 2.49. The zero-order valence-electron chi connectivity index (χ0n) is 12.6. The first-order chi connectivity index (χ1) is 11.0. The van der Waals surface area contributed by atoms with Gasteiger partial charge in [-0.3, -0.25) is 15.5 Å². The number of carbonyl (C=O) groups is 1. The number of amides is 1. The van der Waals surface area contributed by atoms with Gasteiger partial charge in [0.2, 0.25) is 5.96 Å². The quantitative estimate of drug-likeness (QED) is 0.751. The van der Waals surface area contributed by atoms with Crippen molar-refractivity contribution in [2.45, 2.75) is 6.04 Å². The maximum atomic E-state index is 12.1. The molecule has 2 heterocycles. The number of nitrogens with zero attached hydrogens (tertiary/aromatic N) is 2. The van der Waals surface area contributed by atoms with Crippen LogP contribution in [0.4, 0.5) is 0 Å². The highest BCUT2D eigenvalue weighted by molar-refractivity contribution is 6.35. The summed E-state index contributed by atoms with van der Waals surface area (Å²) >= 11 is 0. The topological polar surface area (TPSA) is 122 Å². The molecule has 1 atom stereocenters. The van der Waals surface area contributed by atoms with Crippen LogP contribution in [0.2, 0.25) is 0 Å². The average Bonchev–Trinajstić information content (AvgIpc) is 2.97. The number of carbonyl (C=O) groups excluding carboxylic acids is 1. The monoisotopic (exact) mass is 313 g/mol. The first-order valence-corrected chi connectivity index (χ1v) is 6.80. The minimum Gasteiger partial charge on any atom is -0.497 e. The van der Waals surface area contributed by atoms with Gasteiger partial charge >= 0.3 is 0 Å². The van der Waals surface area contributed by atoms with Crippen LogP contribution in [0.15, 0.2) is 39.3 Å². The number of ether oxygens (including phenoxy) is 2. The second-order valence-electron chi connectivity index (χ2n) is 4.91. The van der Waals surface area contributed by atoms with Crippen LogP contribution in [0.3, 0.4) is 0 Å². The van der Waals surface area contributed by atoms with Gasteiger partial charge in [-0.25, -0.2) is 4.99 Å². The number of hydrogen-bond donors (Lipinski definition) is 3. The summed E-state index contributed by atoms with van der Waals surface area (Å²) in [5, 5.41) is 9.78. The van der Waals surface area contributed by atoms with Crippen molar-refractivity contribution in [1.82, 2.24) is 5.32 Å². The molecule has 0 fully saturated rings. The Morgan fingerprint density at radius 1 is 1.30 bits per heavy atom. The molecule has 1 aromatic carbocycles. The molecule has 23 heavy (non-hydrogen) atoms. The van der Waals surface area contributed by atoms with Crippen molar-refractivity contribution in [3.8, 4) is 11.5 Å². The Morgan fingerprint density at radius 3 is 2.78 bits per heavy atom. The zero-order valence-corrected chi connectivity index (χ0v) is 12.6. The molecule has 3 rings (SSSR count). The third-order valence-electron chi connectivity index (χ3n) is 3.63. The lowest BCUT2D eigenvalue weighted by molar-refractivity contribution is -0.115. The minimum atomic E-state index is -0.625. The predicted octanol–water partition coefficient (Wildman–Crippen LogP) is 0.548. The van der Waals surface area contributed by atoms with Gasteiger partial charge in [-0.2, -0.15) is 4.99 Å². The molecule has 0 spiro atoms. The Morgan fingerprint density at radius 2 is 2.09 bits per heavy atom. The average molecular weight is 313 g/mol. The van der Waals surface area contributed by atoms with Crippen LogP contribution in [0.1, 0.15) is 11.6 Å². The summed E-state index contributed by atoms with van der Waals surface area (Å²) in [6.45, 7) is 0. The number of rotatable bonds is 4. The molecule has 0 aromatic heterocycles. The van der Waals surface area contributed by atoms with E-state index in [0.717, 1.165) is 0 Å². The molecule has 2 aliphatic rings. The first kappa shape index (κ1) is 14.9. The van der Waals surface area contributed by atoms with Crippen molar-refractivity contribution < 1.29 is 14.3 Å². The van der Waals surface area contributed by atoms with E-state index >= 15 is 0 Å². The summed E-state index contributed by atoms with van der Waals surface area (Å²) in [5.74, 6) is 0.726. The first-order valence-electron chi connectivity index (χ1n) is 6.80. The molecular weight excluding hydrogens is 298 g/mol. The second-order valence-corrected chi connectivity index (χ2v) is 4.91. The number of fused-ring (bicyclic) bond motifs is 1. The fourth-order valence-electron chi connectivity index (χ4n) is 2.49. The third kappa shape index (κ3) is 2.49. The smallest absolute Gasteiger partial charge is 0.262 e. The normalized spacial score (nSPS) is 17.6. The van der Waals surface area contributed by atoms with Crippen LogP contribution in [0, 0.1) is 5.41 Å². The van der Waals surface area contributed by atoms with Gasteiger partial charge in [-0.1, -0.05) is 0 Å². The van der Waals surface area contributed by atoms with Crippen LogP contribution in [-0.4, -0.2) is 38.1 Å². The summed E-state index contributed by atoms with van der Waals surface area (Å²) in [7, 11) is 3.10. The van der Waals surface area contributed by atoms with E-state index in [1.165, 1.54) is 13.3 Å². The van der Waals surface area contributed by atoms with Crippen LogP contribution in [0.5, 0.6) is 11.5 Å². The predicted molar refractivity (Wildman–Crippen MR) is 85.3 cm³/mol. The maximum absolute atomic E-state index is 12.1. The summed E-state index contributed by atoms with van der Waals surface area (Å²) in [5.41, 5.74) is 7.81. The van der Waals surface area contributed by atoms with Crippen LogP contribution < -0.4 is 20.5 Å². The molecule has 0 saturated heterocycles. The fraction of sp³-hybridized carbons (Fsp3) is 0.200. The van der Waals surface area contributed by atoms with Crippen molar-refractivity contribution in [1.29, 1.82) is 5.41 Å². The largest absolute Gasteiger partial charge is 0.497 e. The lowest BCUT2D eigenvalue weighted by atomic mass is 9.95. The number of nitrogens with two attached hydrogens (primary N) is 1. The van der Waals surface area contributed by atoms with Gasteiger partial charge < -0.3 is 15.2 Å². The molecule has 1 amide bonds. The lowest BCUT2D eigenvalue weighted by Gasteiger charge is -2.19. The summed E-state index contributed by atoms with van der Waals surface area (Å²) in [6.07, 6.45) is 1.50. The molecule has 0 bridgehead atoms. The summed E-state index contributed by atoms with van der Waals surface area (Å²) < 4.78 is 10.5. The van der Waals surface area contributed by atoms with Crippen molar-refractivity contribution in [2.75, 3.05) is 14.2 Å². The summed E-state index contributed by atoms with van der Waals surface area (Å²) in [6, 6.07) is 4.64. The van der Waals surface area contributed by atoms with E-state index in [1.54, 1.807) is 25.3 Å². The molecule has 2 aliphatic heterocycles. The number of methoxy groups -OCH3 is 2. The number of guanidine groups is 1. The lowest BCUT2D eigenvalue weighted by Crippen LogP contribution is -2.37. The van der Waals surface area contributed by atoms with E-state index in [1.807, 2.05) is 0 Å². The molecule has 8 heteroatoms. The van der Waals surface area contributed by atoms with Gasteiger partial charge in [0.1, 0.15) is 11.5 Å². The molecule has 1 aromatic rings. The molecule has 4 N–H and O–H groups in total.